The van der Waals surface area contributed by atoms with Gasteiger partial charge in [-0.15, -0.1) is 0 Å². The molecule has 2 rings (SSSR count). The summed E-state index contributed by atoms with van der Waals surface area (Å²) in [6.45, 7) is 9.97. The first-order chi connectivity index (χ1) is 16.7. The quantitative estimate of drug-likeness (QED) is 0.320. The van der Waals surface area contributed by atoms with E-state index in [0.717, 1.165) is 38.5 Å². The molecule has 0 saturated carbocycles. The van der Waals surface area contributed by atoms with Gasteiger partial charge in [0.15, 0.2) is 5.78 Å². The van der Waals surface area contributed by atoms with Gasteiger partial charge >= 0.3 is 0 Å². The van der Waals surface area contributed by atoms with Crippen molar-refractivity contribution in [1.82, 2.24) is 0 Å². The molecule has 2 aromatic rings. The number of unbranched alkanes of at least 4 members (excludes halogenated alkanes) is 2. The van der Waals surface area contributed by atoms with E-state index < -0.39 is 11.5 Å². The van der Waals surface area contributed by atoms with Crippen LogP contribution in [0, 0.1) is 5.41 Å². The van der Waals surface area contributed by atoms with Crippen molar-refractivity contribution in [3.05, 3.63) is 59.7 Å². The van der Waals surface area contributed by atoms with Crippen LogP contribution in [-0.4, -0.2) is 41.9 Å². The van der Waals surface area contributed by atoms with Crippen LogP contribution in [0.4, 0.5) is 0 Å². The molecule has 194 valence electrons. The largest absolute Gasteiger partial charge is 0.491 e. The van der Waals surface area contributed by atoms with E-state index in [4.69, 9.17) is 14.6 Å². The van der Waals surface area contributed by atoms with Crippen molar-refractivity contribution in [3.63, 3.8) is 0 Å². The Bertz CT molecular complexity index is 872. The second-order valence-corrected chi connectivity index (χ2v) is 10.4. The van der Waals surface area contributed by atoms with Crippen molar-refractivity contribution in [2.75, 3.05) is 19.8 Å². The molecule has 35 heavy (non-hydrogen) atoms. The number of ketones is 1. The van der Waals surface area contributed by atoms with E-state index in [1.54, 1.807) is 0 Å². The number of hydrogen-bond acceptors (Lipinski definition) is 5. The van der Waals surface area contributed by atoms with E-state index in [1.807, 2.05) is 45.0 Å². The topological polar surface area (TPSA) is 76.0 Å². The molecular formula is C30H44O5. The van der Waals surface area contributed by atoms with E-state index in [1.165, 1.54) is 11.1 Å². The summed E-state index contributed by atoms with van der Waals surface area (Å²) in [5.41, 5.74) is 1.94. The minimum absolute atomic E-state index is 0.0613. The van der Waals surface area contributed by atoms with Crippen molar-refractivity contribution in [1.29, 1.82) is 0 Å². The number of rotatable bonds is 15. The Morgan fingerprint density at radius 1 is 0.829 bits per heavy atom. The molecule has 0 aliphatic heterocycles. The Kier molecular flexibility index (Phi) is 11.3. The SMILES string of the molecule is CCCCC(CCCC)(c1ccc(OCC(=O)C(C)(C)C)cc1)c1ccc(OCC(O)CO)cc1. The molecule has 0 heterocycles. The van der Waals surface area contributed by atoms with Gasteiger partial charge < -0.3 is 19.7 Å². The third kappa shape index (κ3) is 8.36. The molecule has 0 spiro atoms. The fourth-order valence-electron chi connectivity index (χ4n) is 4.18. The Morgan fingerprint density at radius 3 is 1.69 bits per heavy atom. The lowest BCUT2D eigenvalue weighted by molar-refractivity contribution is -0.128. The van der Waals surface area contributed by atoms with Gasteiger partial charge in [-0.1, -0.05) is 84.6 Å². The highest BCUT2D eigenvalue weighted by Crippen LogP contribution is 2.42. The molecule has 0 amide bonds. The van der Waals surface area contributed by atoms with Crippen molar-refractivity contribution in [2.45, 2.75) is 84.7 Å². The van der Waals surface area contributed by atoms with Gasteiger partial charge in [-0.05, 0) is 48.2 Å². The molecule has 0 bridgehead atoms. The number of carbonyl (C=O) groups is 1. The summed E-state index contributed by atoms with van der Waals surface area (Å²) in [5, 5.41) is 18.6. The van der Waals surface area contributed by atoms with Gasteiger partial charge in [0.05, 0.1) is 6.61 Å². The van der Waals surface area contributed by atoms with Gasteiger partial charge in [-0.2, -0.15) is 0 Å². The summed E-state index contributed by atoms with van der Waals surface area (Å²) < 4.78 is 11.4. The number of benzene rings is 2. The smallest absolute Gasteiger partial charge is 0.175 e. The zero-order valence-corrected chi connectivity index (χ0v) is 22.2. The molecule has 1 unspecified atom stereocenters. The number of aliphatic hydroxyl groups excluding tert-OH is 2. The normalized spacial score (nSPS) is 12.9. The van der Waals surface area contributed by atoms with E-state index >= 15 is 0 Å². The minimum atomic E-state index is -0.887. The molecule has 1 atom stereocenters. The number of carbonyl (C=O) groups excluding carboxylic acids is 1. The van der Waals surface area contributed by atoms with Crippen molar-refractivity contribution in [2.24, 2.45) is 5.41 Å². The van der Waals surface area contributed by atoms with Crippen LogP contribution in [0.25, 0.3) is 0 Å². The van der Waals surface area contributed by atoms with Crippen LogP contribution < -0.4 is 9.47 Å². The third-order valence-corrected chi connectivity index (χ3v) is 6.59. The van der Waals surface area contributed by atoms with Crippen LogP contribution in [0.3, 0.4) is 0 Å². The van der Waals surface area contributed by atoms with Gasteiger partial charge in [-0.3, -0.25) is 4.79 Å². The second kappa shape index (κ2) is 13.6. The van der Waals surface area contributed by atoms with Gasteiger partial charge in [0.25, 0.3) is 0 Å². The Hall–Kier alpha value is -2.37. The van der Waals surface area contributed by atoms with Crippen molar-refractivity contribution in [3.8, 4) is 11.5 Å². The highest BCUT2D eigenvalue weighted by molar-refractivity contribution is 5.85. The van der Waals surface area contributed by atoms with Gasteiger partial charge in [0, 0.05) is 10.8 Å². The monoisotopic (exact) mass is 484 g/mol. The lowest BCUT2D eigenvalue weighted by Crippen LogP contribution is -2.28. The zero-order valence-electron chi connectivity index (χ0n) is 22.2. The van der Waals surface area contributed by atoms with Crippen LogP contribution >= 0.6 is 0 Å². The third-order valence-electron chi connectivity index (χ3n) is 6.59. The van der Waals surface area contributed by atoms with Crippen molar-refractivity contribution < 1.29 is 24.5 Å². The second-order valence-electron chi connectivity index (χ2n) is 10.4. The van der Waals surface area contributed by atoms with Crippen LogP contribution in [0.2, 0.25) is 0 Å². The Labute approximate surface area is 211 Å². The average Bonchev–Trinajstić information content (AvgIpc) is 2.86. The number of Topliss-reactive ketones (excluding diaryl/α,β-unsaturated/α-hetero) is 1. The molecular weight excluding hydrogens is 440 g/mol. The lowest BCUT2D eigenvalue weighted by Gasteiger charge is -2.36. The van der Waals surface area contributed by atoms with Crippen LogP contribution in [0.15, 0.2) is 48.5 Å². The summed E-state index contributed by atoms with van der Waals surface area (Å²) in [5.74, 6) is 1.46. The summed E-state index contributed by atoms with van der Waals surface area (Å²) in [4.78, 5) is 12.3. The molecule has 2 N–H and O–H groups in total. The van der Waals surface area contributed by atoms with Gasteiger partial charge in [0.1, 0.15) is 30.8 Å². The first-order valence-corrected chi connectivity index (χ1v) is 12.9. The number of hydrogen-bond donors (Lipinski definition) is 2. The fourth-order valence-corrected chi connectivity index (χ4v) is 4.18. The van der Waals surface area contributed by atoms with E-state index in [-0.39, 0.29) is 31.0 Å². The standard InChI is InChI=1S/C30H44O5/c1-6-8-18-30(19-9-7-2,23-10-14-26(15-11-23)34-21-25(32)20-31)24-12-16-27(17-13-24)35-22-28(33)29(3,4)5/h10-17,25,31-32H,6-9,18-22H2,1-5H3. The minimum Gasteiger partial charge on any atom is -0.491 e. The lowest BCUT2D eigenvalue weighted by atomic mass is 9.68. The molecule has 0 aromatic heterocycles. The van der Waals surface area contributed by atoms with Gasteiger partial charge in [0.2, 0.25) is 0 Å². The number of aliphatic hydroxyl groups is 2. The highest BCUT2D eigenvalue weighted by Gasteiger charge is 2.33. The molecule has 0 aliphatic carbocycles. The van der Waals surface area contributed by atoms with Crippen molar-refractivity contribution >= 4 is 5.78 Å². The summed E-state index contributed by atoms with van der Waals surface area (Å²) in [7, 11) is 0. The fraction of sp³-hybridized carbons (Fsp3) is 0.567. The molecule has 2 aromatic carbocycles. The van der Waals surface area contributed by atoms with Crippen LogP contribution in [-0.2, 0) is 10.2 Å². The van der Waals surface area contributed by atoms with E-state index in [0.29, 0.717) is 11.5 Å². The van der Waals surface area contributed by atoms with Gasteiger partial charge in [-0.25, -0.2) is 0 Å². The molecule has 5 heteroatoms. The summed E-state index contributed by atoms with van der Waals surface area (Å²) in [6, 6.07) is 16.4. The maximum atomic E-state index is 12.3. The molecule has 0 fully saturated rings. The van der Waals surface area contributed by atoms with E-state index in [9.17, 15) is 9.90 Å². The maximum absolute atomic E-state index is 12.3. The Balaban J connectivity index is 2.33. The van der Waals surface area contributed by atoms with Crippen LogP contribution in [0.1, 0.15) is 84.3 Å². The first kappa shape index (κ1) is 28.9. The highest BCUT2D eigenvalue weighted by atomic mass is 16.5. The number of ether oxygens (including phenoxy) is 2. The molecule has 0 radical (unpaired) electrons. The maximum Gasteiger partial charge on any atom is 0.175 e. The predicted molar refractivity (Wildman–Crippen MR) is 141 cm³/mol. The molecule has 0 saturated heterocycles. The average molecular weight is 485 g/mol. The predicted octanol–water partition coefficient (Wildman–Crippen LogP) is 6.08. The molecule has 0 aliphatic rings. The Morgan fingerprint density at radius 2 is 1.29 bits per heavy atom. The van der Waals surface area contributed by atoms with E-state index in [2.05, 4.69) is 38.1 Å². The molecule has 5 nitrogen and oxygen atoms in total. The summed E-state index contributed by atoms with van der Waals surface area (Å²) >= 11 is 0. The summed E-state index contributed by atoms with van der Waals surface area (Å²) in [6.07, 6.45) is 5.65. The first-order valence-electron chi connectivity index (χ1n) is 12.9. The zero-order chi connectivity index (χ0) is 25.9. The van der Waals surface area contributed by atoms with Crippen LogP contribution in [0.5, 0.6) is 11.5 Å².